The molecule has 0 amide bonds. The SMILES string of the molecule is CC(=O)OC[C@H]1OC(O)(c2ccc(Cl)c(Cc3ccc(OC4CCOC4)cc3)c2)[C@H](OC(C)=O)[C@@H](OC(C)=O)[C@H]1OC(C)=O. The first-order valence-corrected chi connectivity index (χ1v) is 14.4. The summed E-state index contributed by atoms with van der Waals surface area (Å²) in [6.45, 7) is 5.20. The molecule has 0 bridgehead atoms. The van der Waals surface area contributed by atoms with Gasteiger partial charge >= 0.3 is 23.9 Å². The van der Waals surface area contributed by atoms with Crippen molar-refractivity contribution in [3.05, 3.63) is 64.2 Å². The fourth-order valence-corrected chi connectivity index (χ4v) is 5.33. The van der Waals surface area contributed by atoms with E-state index < -0.39 is 60.7 Å². The van der Waals surface area contributed by atoms with Gasteiger partial charge in [0.2, 0.25) is 11.9 Å². The zero-order chi connectivity index (χ0) is 32.0. The largest absolute Gasteiger partial charge is 0.488 e. The van der Waals surface area contributed by atoms with Gasteiger partial charge in [-0.1, -0.05) is 29.8 Å². The van der Waals surface area contributed by atoms with Gasteiger partial charge in [-0.15, -0.1) is 0 Å². The summed E-state index contributed by atoms with van der Waals surface area (Å²) in [6.07, 6.45) is -4.82. The Bertz CT molecular complexity index is 1360. The number of esters is 4. The molecular formula is C31H35ClO12. The van der Waals surface area contributed by atoms with E-state index in [9.17, 15) is 24.3 Å². The van der Waals surface area contributed by atoms with Crippen LogP contribution in [0.4, 0.5) is 0 Å². The van der Waals surface area contributed by atoms with E-state index in [1.807, 2.05) is 24.3 Å². The van der Waals surface area contributed by atoms with Crippen LogP contribution in [0.2, 0.25) is 5.02 Å². The highest BCUT2D eigenvalue weighted by molar-refractivity contribution is 6.31. The van der Waals surface area contributed by atoms with Crippen molar-refractivity contribution in [1.82, 2.24) is 0 Å². The van der Waals surface area contributed by atoms with Crippen molar-refractivity contribution in [3.8, 4) is 5.75 Å². The van der Waals surface area contributed by atoms with E-state index in [-0.39, 0.29) is 11.7 Å². The summed E-state index contributed by atoms with van der Waals surface area (Å²) in [5.74, 6) is -4.87. The first-order chi connectivity index (χ1) is 20.9. The second-order valence-corrected chi connectivity index (χ2v) is 11.0. The van der Waals surface area contributed by atoms with Crippen LogP contribution in [0.15, 0.2) is 42.5 Å². The zero-order valence-corrected chi connectivity index (χ0v) is 25.5. The van der Waals surface area contributed by atoms with Gasteiger partial charge in [0.1, 0.15) is 24.6 Å². The number of ether oxygens (including phenoxy) is 7. The molecule has 1 N–H and O–H groups in total. The average Bonchev–Trinajstić information content (AvgIpc) is 3.46. The summed E-state index contributed by atoms with van der Waals surface area (Å²) >= 11 is 6.56. The Hall–Kier alpha value is -3.71. The third-order valence-electron chi connectivity index (χ3n) is 7.02. The van der Waals surface area contributed by atoms with Gasteiger partial charge in [0.25, 0.3) is 0 Å². The molecule has 44 heavy (non-hydrogen) atoms. The number of hydrogen-bond donors (Lipinski definition) is 1. The van der Waals surface area contributed by atoms with Crippen LogP contribution < -0.4 is 4.74 Å². The van der Waals surface area contributed by atoms with Crippen molar-refractivity contribution in [2.24, 2.45) is 0 Å². The maximum atomic E-state index is 12.2. The molecule has 2 aromatic rings. The highest BCUT2D eigenvalue weighted by atomic mass is 35.5. The van der Waals surface area contributed by atoms with Gasteiger partial charge in [-0.3, -0.25) is 19.2 Å². The number of halogens is 1. The van der Waals surface area contributed by atoms with Crippen LogP contribution in [0.1, 0.15) is 50.8 Å². The smallest absolute Gasteiger partial charge is 0.303 e. The van der Waals surface area contributed by atoms with E-state index in [1.54, 1.807) is 6.07 Å². The van der Waals surface area contributed by atoms with Crippen LogP contribution >= 0.6 is 11.6 Å². The molecule has 238 valence electrons. The number of aliphatic hydroxyl groups is 1. The number of carbonyl (C=O) groups excluding carboxylic acids is 4. The summed E-state index contributed by atoms with van der Waals surface area (Å²) in [4.78, 5) is 48.1. The lowest BCUT2D eigenvalue weighted by atomic mass is 9.86. The maximum absolute atomic E-state index is 12.2. The van der Waals surface area contributed by atoms with Crippen molar-refractivity contribution in [2.45, 2.75) is 76.8 Å². The predicted octanol–water partition coefficient (Wildman–Crippen LogP) is 3.00. The fraction of sp³-hybridized carbons (Fsp3) is 0.484. The van der Waals surface area contributed by atoms with Crippen molar-refractivity contribution in [3.63, 3.8) is 0 Å². The van der Waals surface area contributed by atoms with Crippen LogP contribution in [-0.4, -0.2) is 79.3 Å². The molecule has 4 rings (SSSR count). The Labute approximate surface area is 259 Å². The molecule has 6 atom stereocenters. The molecule has 2 aromatic carbocycles. The third-order valence-corrected chi connectivity index (χ3v) is 7.39. The lowest BCUT2D eigenvalue weighted by molar-refractivity contribution is -0.360. The summed E-state index contributed by atoms with van der Waals surface area (Å²) < 4.78 is 38.8. The number of carbonyl (C=O) groups is 4. The van der Waals surface area contributed by atoms with Crippen LogP contribution in [-0.2, 0) is 59.8 Å². The first-order valence-electron chi connectivity index (χ1n) is 14.0. The van der Waals surface area contributed by atoms with E-state index in [4.69, 9.17) is 44.8 Å². The maximum Gasteiger partial charge on any atom is 0.303 e. The van der Waals surface area contributed by atoms with Gasteiger partial charge < -0.3 is 38.3 Å². The lowest BCUT2D eigenvalue weighted by Gasteiger charge is -2.48. The molecule has 0 aliphatic carbocycles. The Morgan fingerprint density at radius 1 is 0.909 bits per heavy atom. The number of benzene rings is 2. The minimum Gasteiger partial charge on any atom is -0.488 e. The topological polar surface area (TPSA) is 153 Å². The quantitative estimate of drug-likeness (QED) is 0.302. The van der Waals surface area contributed by atoms with Gasteiger partial charge in [0.15, 0.2) is 12.2 Å². The van der Waals surface area contributed by atoms with Crippen LogP contribution in [0.3, 0.4) is 0 Å². The summed E-state index contributed by atoms with van der Waals surface area (Å²) in [7, 11) is 0. The monoisotopic (exact) mass is 634 g/mol. The minimum absolute atomic E-state index is 0.00862. The van der Waals surface area contributed by atoms with Gasteiger partial charge in [0, 0.05) is 44.7 Å². The molecule has 0 aromatic heterocycles. The molecule has 0 spiro atoms. The Morgan fingerprint density at radius 2 is 1.57 bits per heavy atom. The number of rotatable bonds is 10. The van der Waals surface area contributed by atoms with E-state index in [0.717, 1.165) is 39.7 Å². The van der Waals surface area contributed by atoms with Crippen LogP contribution in [0.5, 0.6) is 5.75 Å². The summed E-state index contributed by atoms with van der Waals surface area (Å²) in [6, 6.07) is 12.0. The molecule has 0 saturated carbocycles. The normalized spacial score (nSPS) is 26.4. The molecule has 13 heteroatoms. The molecule has 2 unspecified atom stereocenters. The van der Waals surface area contributed by atoms with Crippen molar-refractivity contribution in [2.75, 3.05) is 19.8 Å². The summed E-state index contributed by atoms with van der Waals surface area (Å²) in [5, 5.41) is 12.5. The number of hydrogen-bond acceptors (Lipinski definition) is 12. The molecule has 2 fully saturated rings. The fourth-order valence-electron chi connectivity index (χ4n) is 5.15. The summed E-state index contributed by atoms with van der Waals surface area (Å²) in [5.41, 5.74) is 1.56. The van der Waals surface area contributed by atoms with E-state index in [1.165, 1.54) is 12.1 Å². The molecule has 0 radical (unpaired) electrons. The Balaban J connectivity index is 1.70. The van der Waals surface area contributed by atoms with Crippen LogP contribution in [0.25, 0.3) is 0 Å². The van der Waals surface area contributed by atoms with E-state index >= 15 is 0 Å². The molecule has 2 heterocycles. The molecular weight excluding hydrogens is 600 g/mol. The van der Waals surface area contributed by atoms with Gasteiger partial charge in [0.05, 0.1) is 13.2 Å². The van der Waals surface area contributed by atoms with Crippen molar-refractivity contribution >= 4 is 35.5 Å². The molecule has 2 aliphatic heterocycles. The first kappa shape index (κ1) is 33.2. The Kier molecular flexibility index (Phi) is 10.8. The molecule has 2 saturated heterocycles. The molecule has 2 aliphatic rings. The van der Waals surface area contributed by atoms with Crippen molar-refractivity contribution < 1.29 is 57.4 Å². The lowest BCUT2D eigenvalue weighted by Crippen LogP contribution is -2.66. The van der Waals surface area contributed by atoms with Crippen LogP contribution in [0, 0.1) is 0 Å². The van der Waals surface area contributed by atoms with E-state index in [0.29, 0.717) is 36.0 Å². The minimum atomic E-state index is -2.46. The van der Waals surface area contributed by atoms with E-state index in [2.05, 4.69) is 0 Å². The van der Waals surface area contributed by atoms with Gasteiger partial charge in [-0.25, -0.2) is 0 Å². The average molecular weight is 635 g/mol. The zero-order valence-electron chi connectivity index (χ0n) is 24.8. The second-order valence-electron chi connectivity index (χ2n) is 10.6. The second kappa shape index (κ2) is 14.4. The third kappa shape index (κ3) is 8.26. The standard InChI is InChI=1S/C31H35ClO12/c1-17(33)39-16-27-28(40-18(2)34)29(41-19(3)35)30(42-20(4)36)31(37,44-27)23-7-10-26(32)22(14-23)13-21-5-8-24(9-6-21)43-25-11-12-38-15-25/h5-10,14,25,27-30,37H,11-13,15-16H2,1-4H3/t25?,27-,28+,29+,30-,31?/m1/s1. The Morgan fingerprint density at radius 3 is 2.16 bits per heavy atom. The van der Waals surface area contributed by atoms with Gasteiger partial charge in [-0.2, -0.15) is 0 Å². The van der Waals surface area contributed by atoms with Crippen molar-refractivity contribution in [1.29, 1.82) is 0 Å². The highest BCUT2D eigenvalue weighted by Crippen LogP contribution is 2.42. The molecule has 12 nitrogen and oxygen atoms in total. The highest BCUT2D eigenvalue weighted by Gasteiger charge is 2.60. The van der Waals surface area contributed by atoms with Gasteiger partial charge in [-0.05, 0) is 41.8 Å². The predicted molar refractivity (Wildman–Crippen MR) is 153 cm³/mol.